The Hall–Kier alpha value is -1.52. The molecule has 2 N–H and O–H groups in total. The van der Waals surface area contributed by atoms with Crippen LogP contribution in [0.1, 0.15) is 24.2 Å². The summed E-state index contributed by atoms with van der Waals surface area (Å²) in [6, 6.07) is -0.0729. The van der Waals surface area contributed by atoms with E-state index >= 15 is 0 Å². The number of nitrogens with zero attached hydrogens (tertiary/aromatic N) is 2. The number of aromatic amines is 1. The number of fused-ring (bicyclic) bond motifs is 1. The molecule has 0 unspecified atom stereocenters. The van der Waals surface area contributed by atoms with Crippen molar-refractivity contribution in [3.63, 3.8) is 0 Å². The molecule has 0 radical (unpaired) electrons. The van der Waals surface area contributed by atoms with E-state index in [1.807, 2.05) is 6.92 Å². The largest absolute Gasteiger partial charge is 0.465 e. The van der Waals surface area contributed by atoms with Gasteiger partial charge in [-0.2, -0.15) is 5.10 Å². The molecule has 0 saturated carbocycles. The average Bonchev–Trinajstić information content (AvgIpc) is 2.53. The molecule has 12 heavy (non-hydrogen) atoms. The van der Waals surface area contributed by atoms with Gasteiger partial charge in [-0.05, 0) is 6.92 Å². The van der Waals surface area contributed by atoms with Gasteiger partial charge in [0, 0.05) is 5.56 Å². The molecule has 1 atom stereocenters. The van der Waals surface area contributed by atoms with Crippen molar-refractivity contribution in [3.8, 4) is 0 Å². The van der Waals surface area contributed by atoms with Gasteiger partial charge in [0.25, 0.3) is 0 Å². The molecule has 0 aromatic carbocycles. The highest BCUT2D eigenvalue weighted by Gasteiger charge is 2.31. The minimum atomic E-state index is -0.882. The number of amides is 1. The van der Waals surface area contributed by atoms with E-state index in [4.69, 9.17) is 5.11 Å². The molecule has 5 nitrogen and oxygen atoms in total. The summed E-state index contributed by atoms with van der Waals surface area (Å²) in [5.41, 5.74) is 1.89. The second kappa shape index (κ2) is 2.23. The molecule has 0 saturated heterocycles. The Balaban J connectivity index is 2.32. The summed E-state index contributed by atoms with van der Waals surface area (Å²) in [4.78, 5) is 12.0. The van der Waals surface area contributed by atoms with Gasteiger partial charge in [-0.25, -0.2) is 4.79 Å². The van der Waals surface area contributed by atoms with Gasteiger partial charge in [0.1, 0.15) is 0 Å². The second-order valence-electron chi connectivity index (χ2n) is 2.89. The molecule has 0 spiro atoms. The van der Waals surface area contributed by atoms with Crippen LogP contribution in [0.15, 0.2) is 6.20 Å². The van der Waals surface area contributed by atoms with E-state index in [1.54, 1.807) is 6.20 Å². The van der Waals surface area contributed by atoms with E-state index in [2.05, 4.69) is 10.2 Å². The molecule has 1 aromatic heterocycles. The van der Waals surface area contributed by atoms with Crippen molar-refractivity contribution in [1.82, 2.24) is 15.1 Å². The molecule has 2 heterocycles. The zero-order valence-corrected chi connectivity index (χ0v) is 6.61. The van der Waals surface area contributed by atoms with Crippen LogP contribution in [0.25, 0.3) is 0 Å². The zero-order valence-electron chi connectivity index (χ0n) is 6.61. The van der Waals surface area contributed by atoms with E-state index in [9.17, 15) is 4.79 Å². The van der Waals surface area contributed by atoms with Crippen LogP contribution in [0.5, 0.6) is 0 Å². The Morgan fingerprint density at radius 2 is 2.67 bits per heavy atom. The molecule has 1 aromatic rings. The highest BCUT2D eigenvalue weighted by Crippen LogP contribution is 2.31. The normalized spacial score (nSPS) is 21.1. The van der Waals surface area contributed by atoms with Crippen LogP contribution in [0.4, 0.5) is 4.79 Å². The van der Waals surface area contributed by atoms with E-state index < -0.39 is 6.09 Å². The van der Waals surface area contributed by atoms with Gasteiger partial charge in [-0.15, -0.1) is 0 Å². The standard InChI is InChI=1S/C7H9N3O2/c1-4-5-2-8-9-6(5)3-10(4)7(11)12/h2,4H,3H2,1H3,(H,8,9)(H,11,12)/t4-/m1/s1. The third-order valence-corrected chi connectivity index (χ3v) is 2.24. The highest BCUT2D eigenvalue weighted by molar-refractivity contribution is 5.67. The third-order valence-electron chi connectivity index (χ3n) is 2.24. The van der Waals surface area contributed by atoms with Crippen molar-refractivity contribution in [2.24, 2.45) is 0 Å². The Bertz CT molecular complexity index is 320. The third kappa shape index (κ3) is 0.792. The summed E-state index contributed by atoms with van der Waals surface area (Å²) < 4.78 is 0. The molecular weight excluding hydrogens is 158 g/mol. The van der Waals surface area contributed by atoms with Gasteiger partial charge in [0.2, 0.25) is 0 Å². The summed E-state index contributed by atoms with van der Waals surface area (Å²) >= 11 is 0. The average molecular weight is 167 g/mol. The Morgan fingerprint density at radius 1 is 1.92 bits per heavy atom. The molecule has 1 amide bonds. The van der Waals surface area contributed by atoms with Crippen molar-refractivity contribution in [3.05, 3.63) is 17.5 Å². The number of H-pyrrole nitrogens is 1. The quantitative estimate of drug-likeness (QED) is 0.604. The number of hydrogen-bond donors (Lipinski definition) is 2. The predicted molar refractivity (Wildman–Crippen MR) is 40.6 cm³/mol. The SMILES string of the molecule is C[C@@H]1c2cn[nH]c2CN1C(=O)O. The molecular formula is C7H9N3O2. The molecule has 0 aliphatic carbocycles. The maximum atomic E-state index is 10.7. The number of carboxylic acid groups (broad SMARTS) is 1. The van der Waals surface area contributed by atoms with Crippen molar-refractivity contribution in [2.75, 3.05) is 0 Å². The molecule has 1 aliphatic rings. The maximum Gasteiger partial charge on any atom is 0.408 e. The fourth-order valence-corrected chi connectivity index (χ4v) is 1.52. The van der Waals surface area contributed by atoms with Crippen LogP contribution < -0.4 is 0 Å². The first-order chi connectivity index (χ1) is 5.70. The summed E-state index contributed by atoms with van der Waals surface area (Å²) in [6.45, 7) is 2.28. The smallest absolute Gasteiger partial charge is 0.408 e. The lowest BCUT2D eigenvalue weighted by Crippen LogP contribution is -2.26. The topological polar surface area (TPSA) is 69.2 Å². The minimum Gasteiger partial charge on any atom is -0.465 e. The van der Waals surface area contributed by atoms with E-state index in [-0.39, 0.29) is 6.04 Å². The fraction of sp³-hybridized carbons (Fsp3) is 0.429. The lowest BCUT2D eigenvalue weighted by Gasteiger charge is -2.16. The van der Waals surface area contributed by atoms with Crippen LogP contribution in [-0.2, 0) is 6.54 Å². The monoisotopic (exact) mass is 167 g/mol. The molecule has 2 rings (SSSR count). The number of rotatable bonds is 0. The van der Waals surface area contributed by atoms with Gasteiger partial charge >= 0.3 is 6.09 Å². The van der Waals surface area contributed by atoms with Gasteiger partial charge in [-0.3, -0.25) is 10.00 Å². The first-order valence-electron chi connectivity index (χ1n) is 3.72. The number of nitrogens with one attached hydrogen (secondary N) is 1. The number of aromatic nitrogens is 2. The fourth-order valence-electron chi connectivity index (χ4n) is 1.52. The van der Waals surface area contributed by atoms with Gasteiger partial charge in [0.05, 0.1) is 24.5 Å². The van der Waals surface area contributed by atoms with Crippen LogP contribution in [0, 0.1) is 0 Å². The van der Waals surface area contributed by atoms with E-state index in [0.29, 0.717) is 6.54 Å². The van der Waals surface area contributed by atoms with Crippen LogP contribution >= 0.6 is 0 Å². The minimum absolute atomic E-state index is 0.0729. The summed E-state index contributed by atoms with van der Waals surface area (Å²) in [5, 5.41) is 15.4. The maximum absolute atomic E-state index is 10.7. The van der Waals surface area contributed by atoms with Crippen LogP contribution in [-0.4, -0.2) is 26.3 Å². The van der Waals surface area contributed by atoms with Crippen molar-refractivity contribution in [2.45, 2.75) is 19.5 Å². The predicted octanol–water partition coefficient (Wildman–Crippen LogP) is 0.964. The molecule has 0 fully saturated rings. The first-order valence-corrected chi connectivity index (χ1v) is 3.72. The Kier molecular flexibility index (Phi) is 1.33. The Morgan fingerprint density at radius 3 is 3.25 bits per heavy atom. The van der Waals surface area contributed by atoms with E-state index in [0.717, 1.165) is 11.3 Å². The number of carbonyl (C=O) groups is 1. The summed E-state index contributed by atoms with van der Waals surface area (Å²) in [6.07, 6.45) is 0.801. The van der Waals surface area contributed by atoms with Gasteiger partial charge < -0.3 is 5.11 Å². The van der Waals surface area contributed by atoms with Crippen molar-refractivity contribution >= 4 is 6.09 Å². The number of hydrogen-bond acceptors (Lipinski definition) is 2. The van der Waals surface area contributed by atoms with Gasteiger partial charge in [0.15, 0.2) is 0 Å². The molecule has 5 heteroatoms. The van der Waals surface area contributed by atoms with Crippen molar-refractivity contribution in [1.29, 1.82) is 0 Å². The molecule has 0 bridgehead atoms. The van der Waals surface area contributed by atoms with Crippen molar-refractivity contribution < 1.29 is 9.90 Å². The summed E-state index contributed by atoms with van der Waals surface area (Å²) in [7, 11) is 0. The van der Waals surface area contributed by atoms with E-state index in [1.165, 1.54) is 4.90 Å². The lowest BCUT2D eigenvalue weighted by molar-refractivity contribution is 0.132. The van der Waals surface area contributed by atoms with Gasteiger partial charge in [-0.1, -0.05) is 0 Å². The molecule has 1 aliphatic heterocycles. The highest BCUT2D eigenvalue weighted by atomic mass is 16.4. The summed E-state index contributed by atoms with van der Waals surface area (Å²) in [5.74, 6) is 0. The van der Waals surface area contributed by atoms with Crippen LogP contribution in [0.2, 0.25) is 0 Å². The Labute approximate surface area is 69.0 Å². The first kappa shape index (κ1) is 7.15. The molecule has 64 valence electrons. The zero-order chi connectivity index (χ0) is 8.72. The lowest BCUT2D eigenvalue weighted by atomic mass is 10.2. The second-order valence-corrected chi connectivity index (χ2v) is 2.89. The van der Waals surface area contributed by atoms with Crippen LogP contribution in [0.3, 0.4) is 0 Å².